The molecule has 0 saturated carbocycles. The minimum Gasteiger partial charge on any atom is -0.507 e. The van der Waals surface area contributed by atoms with Gasteiger partial charge in [-0.15, -0.1) is 0 Å². The van der Waals surface area contributed by atoms with Crippen LogP contribution in [-0.4, -0.2) is 78.2 Å². The van der Waals surface area contributed by atoms with Gasteiger partial charge in [-0.05, 0) is 125 Å². The molecule has 12 nitrogen and oxygen atoms in total. The molecular formula is C74H112O12. The summed E-state index contributed by atoms with van der Waals surface area (Å²) >= 11 is 0. The number of methoxy groups -OCH3 is 1. The van der Waals surface area contributed by atoms with Crippen LogP contribution < -0.4 is 4.74 Å². The second kappa shape index (κ2) is 27.4. The highest BCUT2D eigenvalue weighted by Gasteiger charge is 2.39. The van der Waals surface area contributed by atoms with Gasteiger partial charge in [-0.25, -0.2) is 0 Å². The molecule has 0 fully saturated rings. The molecule has 4 aromatic rings. The van der Waals surface area contributed by atoms with Crippen molar-refractivity contribution in [3.63, 3.8) is 0 Å². The van der Waals surface area contributed by atoms with E-state index >= 15 is 0 Å². The molecular weight excluding hydrogens is 1080 g/mol. The highest BCUT2D eigenvalue weighted by Crippen LogP contribution is 2.45. The molecule has 0 aromatic heterocycles. The average molecular weight is 1190 g/mol. The van der Waals surface area contributed by atoms with Crippen molar-refractivity contribution in [2.24, 2.45) is 5.41 Å². The molecule has 0 bridgehead atoms. The molecule has 1 atom stereocenters. The van der Waals surface area contributed by atoms with E-state index in [1.54, 1.807) is 7.11 Å². The standard InChI is InChI=1S/C74H112O12/c1-66(2,3)50-34-46(35-51(62(50)79)67(4,5)6)26-30-58(75)83-42-74(43-84-59(76)31-27-47-36-52(68(7,8)9)63(80)53(37-47)69(10,11)12,44-85-60(77)32-28-48-38-54(70(13,14)15)64(81)55(39-48)71(16,17)18)45-86-61(78)33-29-49-40-56(72(19,20)21)65(82-25)57(41-49)73(22,23)24/h34-41,61,78-81H,26-33,42-45H2,1-25H3. The van der Waals surface area contributed by atoms with Crippen LogP contribution in [0.3, 0.4) is 0 Å². The Morgan fingerprint density at radius 1 is 0.360 bits per heavy atom. The summed E-state index contributed by atoms with van der Waals surface area (Å²) in [6.45, 7) is 47.9. The van der Waals surface area contributed by atoms with Gasteiger partial charge in [-0.3, -0.25) is 14.4 Å². The molecule has 0 aliphatic rings. The van der Waals surface area contributed by atoms with Crippen LogP contribution in [0.2, 0.25) is 0 Å². The van der Waals surface area contributed by atoms with Crippen molar-refractivity contribution in [3.8, 4) is 23.0 Å². The number of aliphatic hydroxyl groups is 1. The van der Waals surface area contributed by atoms with Crippen molar-refractivity contribution in [2.75, 3.05) is 33.5 Å². The smallest absolute Gasteiger partial charge is 0.306 e. The molecule has 4 N–H and O–H groups in total. The van der Waals surface area contributed by atoms with Crippen molar-refractivity contribution in [1.82, 2.24) is 0 Å². The second-order valence-electron chi connectivity index (χ2n) is 32.6. The monoisotopic (exact) mass is 1190 g/mol. The van der Waals surface area contributed by atoms with Gasteiger partial charge < -0.3 is 44.1 Å². The molecule has 0 radical (unpaired) electrons. The first-order valence-electron chi connectivity index (χ1n) is 31.1. The number of aliphatic hydroxyl groups excluding tert-OH is 1. The Morgan fingerprint density at radius 2 is 0.581 bits per heavy atom. The number of carbonyl (C=O) groups is 3. The van der Waals surface area contributed by atoms with Gasteiger partial charge in [-0.1, -0.05) is 215 Å². The van der Waals surface area contributed by atoms with Crippen molar-refractivity contribution < 1.29 is 58.5 Å². The summed E-state index contributed by atoms with van der Waals surface area (Å²) in [6, 6.07) is 15.9. The maximum absolute atomic E-state index is 14.1. The summed E-state index contributed by atoms with van der Waals surface area (Å²) in [5, 5.41) is 46.1. The zero-order valence-corrected chi connectivity index (χ0v) is 57.7. The lowest BCUT2D eigenvalue weighted by Crippen LogP contribution is -2.44. The summed E-state index contributed by atoms with van der Waals surface area (Å²) in [4.78, 5) is 42.4. The number of esters is 3. The first-order valence-corrected chi connectivity index (χ1v) is 31.1. The van der Waals surface area contributed by atoms with E-state index < -0.39 is 49.4 Å². The third kappa shape index (κ3) is 20.2. The number of phenolic OH excluding ortho intramolecular Hbond substituents is 3. The minimum absolute atomic E-state index is 0.0362. The Kier molecular flexibility index (Phi) is 23.2. The fourth-order valence-corrected chi connectivity index (χ4v) is 10.7. The Balaban J connectivity index is 1.77. The lowest BCUT2D eigenvalue weighted by molar-refractivity contribution is -0.181. The van der Waals surface area contributed by atoms with Crippen molar-refractivity contribution in [1.29, 1.82) is 0 Å². The lowest BCUT2D eigenvalue weighted by atomic mass is 9.78. The predicted molar refractivity (Wildman–Crippen MR) is 347 cm³/mol. The Bertz CT molecular complexity index is 2610. The van der Waals surface area contributed by atoms with E-state index in [1.807, 2.05) is 161 Å². The van der Waals surface area contributed by atoms with Crippen LogP contribution in [-0.2, 0) is 102 Å². The quantitative estimate of drug-likeness (QED) is 0.0333. The number of hydrogen-bond donors (Lipinski definition) is 4. The largest absolute Gasteiger partial charge is 0.507 e. The third-order valence-electron chi connectivity index (χ3n) is 16.1. The highest BCUT2D eigenvalue weighted by molar-refractivity contribution is 5.71. The Hall–Kier alpha value is -5.59. The third-order valence-corrected chi connectivity index (χ3v) is 16.1. The van der Waals surface area contributed by atoms with Gasteiger partial charge in [-0.2, -0.15) is 0 Å². The van der Waals surface area contributed by atoms with Gasteiger partial charge in [0.2, 0.25) is 0 Å². The van der Waals surface area contributed by atoms with E-state index in [0.29, 0.717) is 25.7 Å². The van der Waals surface area contributed by atoms with Gasteiger partial charge in [0, 0.05) is 36.8 Å². The van der Waals surface area contributed by atoms with Crippen LogP contribution in [0.5, 0.6) is 23.0 Å². The molecule has 480 valence electrons. The molecule has 86 heavy (non-hydrogen) atoms. The normalized spacial score (nSPS) is 13.6. The van der Waals surface area contributed by atoms with Crippen LogP contribution in [0.25, 0.3) is 0 Å². The maximum atomic E-state index is 14.1. The zero-order valence-electron chi connectivity index (χ0n) is 57.7. The first-order chi connectivity index (χ1) is 39.0. The van der Waals surface area contributed by atoms with Gasteiger partial charge >= 0.3 is 17.9 Å². The molecule has 0 heterocycles. The maximum Gasteiger partial charge on any atom is 0.306 e. The van der Waals surface area contributed by atoms with Gasteiger partial charge in [0.25, 0.3) is 0 Å². The number of aryl methyl sites for hydroxylation is 4. The SMILES string of the molecule is COc1c(C(C)(C)C)cc(CCC(O)OCC(COC(=O)CCc2cc(C(C)(C)C)c(O)c(C(C)(C)C)c2)(COC(=O)CCc2cc(C(C)(C)C)c(O)c(C(C)(C)C)c2)COC(=O)CCc2cc(C(C)(C)C)c(O)c(C(C)(C)C)c2)cc1C(C)(C)C. The van der Waals surface area contributed by atoms with E-state index in [4.69, 9.17) is 23.7 Å². The first kappa shape index (κ1) is 72.9. The van der Waals surface area contributed by atoms with Crippen LogP contribution in [0, 0.1) is 5.41 Å². The number of ether oxygens (including phenoxy) is 5. The fraction of sp³-hybridized carbons (Fsp3) is 0.635. The van der Waals surface area contributed by atoms with E-state index in [1.165, 1.54) is 0 Å². The van der Waals surface area contributed by atoms with Crippen molar-refractivity contribution in [2.45, 2.75) is 267 Å². The molecule has 4 rings (SSSR count). The van der Waals surface area contributed by atoms with E-state index in [2.05, 4.69) is 53.7 Å². The molecule has 0 saturated heterocycles. The van der Waals surface area contributed by atoms with Crippen LogP contribution in [0.1, 0.15) is 259 Å². The second-order valence-corrected chi connectivity index (χ2v) is 32.6. The van der Waals surface area contributed by atoms with E-state index in [9.17, 15) is 34.8 Å². The molecule has 0 aliphatic heterocycles. The summed E-state index contributed by atoms with van der Waals surface area (Å²) in [7, 11) is 1.69. The minimum atomic E-state index is -1.51. The average Bonchev–Trinajstić information content (AvgIpc) is 1.62. The van der Waals surface area contributed by atoms with Crippen LogP contribution in [0.15, 0.2) is 48.5 Å². The summed E-state index contributed by atoms with van der Waals surface area (Å²) in [5.74, 6) is -0.144. The number of carbonyl (C=O) groups excluding carboxylic acids is 3. The number of hydrogen-bond acceptors (Lipinski definition) is 12. The van der Waals surface area contributed by atoms with Gasteiger partial charge in [0.05, 0.1) is 19.1 Å². The van der Waals surface area contributed by atoms with E-state index in [-0.39, 0.29) is 92.9 Å². The lowest BCUT2D eigenvalue weighted by Gasteiger charge is -2.33. The number of benzene rings is 4. The number of phenols is 3. The van der Waals surface area contributed by atoms with Crippen LogP contribution >= 0.6 is 0 Å². The molecule has 0 spiro atoms. The molecule has 1 unspecified atom stereocenters. The Labute approximate surface area is 518 Å². The van der Waals surface area contributed by atoms with Crippen molar-refractivity contribution >= 4 is 17.9 Å². The molecule has 12 heteroatoms. The van der Waals surface area contributed by atoms with Crippen LogP contribution in [0.4, 0.5) is 0 Å². The summed E-state index contributed by atoms with van der Waals surface area (Å²) in [6.07, 6.45) is 0.0546. The molecule has 0 aliphatic carbocycles. The number of aromatic hydroxyl groups is 3. The Morgan fingerprint density at radius 3 is 0.802 bits per heavy atom. The van der Waals surface area contributed by atoms with Gasteiger partial charge in [0.1, 0.15) is 42.8 Å². The van der Waals surface area contributed by atoms with Crippen molar-refractivity contribution in [3.05, 3.63) is 115 Å². The number of rotatable bonds is 22. The topological polar surface area (TPSA) is 178 Å². The van der Waals surface area contributed by atoms with Gasteiger partial charge in [0.15, 0.2) is 6.29 Å². The predicted octanol–water partition coefficient (Wildman–Crippen LogP) is 16.0. The van der Waals surface area contributed by atoms with E-state index in [0.717, 1.165) is 72.5 Å². The summed E-state index contributed by atoms with van der Waals surface area (Å²) in [5.41, 5.74) is 5.93. The molecule has 4 aromatic carbocycles. The molecule has 0 amide bonds. The highest BCUT2D eigenvalue weighted by atomic mass is 16.6. The zero-order chi connectivity index (χ0) is 65.7. The summed E-state index contributed by atoms with van der Waals surface area (Å²) < 4.78 is 30.8. The fourth-order valence-electron chi connectivity index (χ4n) is 10.7.